The van der Waals surface area contributed by atoms with E-state index in [2.05, 4.69) is 6.92 Å². The highest BCUT2D eigenvalue weighted by Gasteiger charge is 2.36. The third-order valence-electron chi connectivity index (χ3n) is 6.54. The van der Waals surface area contributed by atoms with E-state index in [0.29, 0.717) is 26.2 Å². The van der Waals surface area contributed by atoms with E-state index in [9.17, 15) is 9.59 Å². The quantitative estimate of drug-likeness (QED) is 0.134. The van der Waals surface area contributed by atoms with Crippen LogP contribution in [0.25, 0.3) is 0 Å². The maximum atomic E-state index is 12.4. The summed E-state index contributed by atoms with van der Waals surface area (Å²) in [4.78, 5) is 26.1. The fourth-order valence-corrected chi connectivity index (χ4v) is 4.47. The van der Waals surface area contributed by atoms with Gasteiger partial charge in [-0.2, -0.15) is 0 Å². The van der Waals surface area contributed by atoms with Crippen molar-refractivity contribution in [3.05, 3.63) is 0 Å². The molecule has 1 unspecified atom stereocenters. The number of carbonyl (C=O) groups is 2. The Morgan fingerprint density at radius 1 is 0.758 bits per heavy atom. The van der Waals surface area contributed by atoms with Crippen LogP contribution < -0.4 is 0 Å². The molecule has 0 aliphatic carbocycles. The molecule has 1 fully saturated rings. The van der Waals surface area contributed by atoms with Crippen molar-refractivity contribution in [3.8, 4) is 0 Å². The van der Waals surface area contributed by atoms with Crippen LogP contribution in [0.5, 0.6) is 0 Å². The molecule has 1 saturated heterocycles. The van der Waals surface area contributed by atoms with Crippen LogP contribution in [0.15, 0.2) is 0 Å². The number of amides is 1. The molecular formula is C28H53NO4. The fraction of sp³-hybridized carbons (Fsp3) is 0.929. The second-order valence-corrected chi connectivity index (χ2v) is 10.3. The SMILES string of the molecule is CCCCCCCCCCCCCCCCCCOC(=O)C1CCCN1C(=O)OCC(C)C. The van der Waals surface area contributed by atoms with E-state index >= 15 is 0 Å². The van der Waals surface area contributed by atoms with E-state index in [-0.39, 0.29) is 18.0 Å². The van der Waals surface area contributed by atoms with E-state index in [0.717, 1.165) is 19.3 Å². The van der Waals surface area contributed by atoms with Crippen molar-refractivity contribution in [1.82, 2.24) is 4.90 Å². The van der Waals surface area contributed by atoms with Crippen LogP contribution in [0.3, 0.4) is 0 Å². The standard InChI is InChI=1S/C28H53NO4/c1-4-5-6-7-8-9-10-11-12-13-14-15-16-17-18-19-23-32-27(30)26-21-20-22-29(26)28(31)33-24-25(2)3/h25-26H,4-24H2,1-3H3. The Morgan fingerprint density at radius 2 is 1.24 bits per heavy atom. The van der Waals surface area contributed by atoms with Crippen LogP contribution in [0.1, 0.15) is 136 Å². The molecule has 0 N–H and O–H groups in total. The van der Waals surface area contributed by atoms with Crippen LogP contribution >= 0.6 is 0 Å². The summed E-state index contributed by atoms with van der Waals surface area (Å²) in [5.74, 6) is 0.0202. The van der Waals surface area contributed by atoms with Crippen molar-refractivity contribution in [2.45, 2.75) is 142 Å². The zero-order valence-electron chi connectivity index (χ0n) is 22.1. The molecule has 5 heteroatoms. The predicted octanol–water partition coefficient (Wildman–Crippen LogP) is 8.05. The van der Waals surface area contributed by atoms with Gasteiger partial charge in [0.25, 0.3) is 0 Å². The number of rotatable bonds is 20. The van der Waals surface area contributed by atoms with E-state index in [1.54, 1.807) is 4.90 Å². The van der Waals surface area contributed by atoms with Crippen molar-refractivity contribution < 1.29 is 19.1 Å². The van der Waals surface area contributed by atoms with E-state index in [4.69, 9.17) is 9.47 Å². The summed E-state index contributed by atoms with van der Waals surface area (Å²) in [6.07, 6.45) is 22.4. The Labute approximate surface area is 204 Å². The maximum Gasteiger partial charge on any atom is 0.410 e. The van der Waals surface area contributed by atoms with Gasteiger partial charge in [0.15, 0.2) is 0 Å². The van der Waals surface area contributed by atoms with E-state index in [1.807, 2.05) is 13.8 Å². The monoisotopic (exact) mass is 467 g/mol. The molecule has 0 saturated carbocycles. The lowest BCUT2D eigenvalue weighted by molar-refractivity contribution is -0.148. The van der Waals surface area contributed by atoms with Gasteiger partial charge < -0.3 is 9.47 Å². The van der Waals surface area contributed by atoms with Gasteiger partial charge in [0, 0.05) is 6.54 Å². The van der Waals surface area contributed by atoms with E-state index < -0.39 is 6.04 Å². The summed E-state index contributed by atoms with van der Waals surface area (Å²) in [6, 6.07) is -0.467. The second-order valence-electron chi connectivity index (χ2n) is 10.3. The van der Waals surface area contributed by atoms with Gasteiger partial charge in [-0.05, 0) is 25.2 Å². The first kappa shape index (κ1) is 29.8. The largest absolute Gasteiger partial charge is 0.464 e. The summed E-state index contributed by atoms with van der Waals surface area (Å²) < 4.78 is 10.7. The van der Waals surface area contributed by atoms with Gasteiger partial charge in [0.05, 0.1) is 13.2 Å². The molecule has 1 heterocycles. The van der Waals surface area contributed by atoms with Gasteiger partial charge in [-0.3, -0.25) is 4.90 Å². The molecular weight excluding hydrogens is 414 g/mol. The van der Waals surface area contributed by atoms with Crippen LogP contribution in [-0.4, -0.2) is 42.8 Å². The molecule has 1 aliphatic rings. The molecule has 194 valence electrons. The minimum atomic E-state index is -0.467. The van der Waals surface area contributed by atoms with Crippen LogP contribution in [0.4, 0.5) is 4.79 Å². The third-order valence-corrected chi connectivity index (χ3v) is 6.54. The summed E-state index contributed by atoms with van der Waals surface area (Å²) >= 11 is 0. The molecule has 0 spiro atoms. The van der Waals surface area contributed by atoms with Crippen LogP contribution in [-0.2, 0) is 14.3 Å². The topological polar surface area (TPSA) is 55.8 Å². The number of ether oxygens (including phenoxy) is 2. The highest BCUT2D eigenvalue weighted by atomic mass is 16.6. The predicted molar refractivity (Wildman–Crippen MR) is 136 cm³/mol. The number of likely N-dealkylation sites (tertiary alicyclic amines) is 1. The zero-order valence-corrected chi connectivity index (χ0v) is 22.1. The number of carbonyl (C=O) groups excluding carboxylic acids is 2. The Hall–Kier alpha value is -1.26. The Bertz CT molecular complexity index is 494. The first-order valence-electron chi connectivity index (χ1n) is 14.2. The van der Waals surface area contributed by atoms with Crippen molar-refractivity contribution in [1.29, 1.82) is 0 Å². The third kappa shape index (κ3) is 15.3. The summed E-state index contributed by atoms with van der Waals surface area (Å²) in [7, 11) is 0. The Kier molecular flexibility index (Phi) is 18.2. The maximum absolute atomic E-state index is 12.4. The Balaban J connectivity index is 1.91. The molecule has 0 aromatic carbocycles. The van der Waals surface area contributed by atoms with Crippen molar-refractivity contribution in [2.24, 2.45) is 5.92 Å². The number of nitrogens with zero attached hydrogens (tertiary/aromatic N) is 1. The molecule has 5 nitrogen and oxygen atoms in total. The highest BCUT2D eigenvalue weighted by molar-refractivity contribution is 5.82. The average molecular weight is 468 g/mol. The fourth-order valence-electron chi connectivity index (χ4n) is 4.47. The smallest absolute Gasteiger partial charge is 0.410 e. The van der Waals surface area contributed by atoms with Gasteiger partial charge in [-0.15, -0.1) is 0 Å². The molecule has 1 rings (SSSR count). The number of unbranched alkanes of at least 4 members (excludes halogenated alkanes) is 15. The molecule has 0 aromatic heterocycles. The molecule has 0 aromatic rings. The summed E-state index contributed by atoms with van der Waals surface area (Å²) in [5.41, 5.74) is 0. The molecule has 33 heavy (non-hydrogen) atoms. The minimum Gasteiger partial charge on any atom is -0.464 e. The van der Waals surface area contributed by atoms with Crippen molar-refractivity contribution in [2.75, 3.05) is 19.8 Å². The summed E-state index contributed by atoms with van der Waals surface area (Å²) in [5, 5.41) is 0. The zero-order chi connectivity index (χ0) is 24.2. The van der Waals surface area contributed by atoms with E-state index in [1.165, 1.54) is 89.9 Å². The number of esters is 1. The van der Waals surface area contributed by atoms with Gasteiger partial charge in [-0.25, -0.2) is 9.59 Å². The average Bonchev–Trinajstić information content (AvgIpc) is 3.29. The number of hydrogen-bond donors (Lipinski definition) is 0. The van der Waals surface area contributed by atoms with Gasteiger partial charge in [0.2, 0.25) is 0 Å². The second kappa shape index (κ2) is 20.1. The van der Waals surface area contributed by atoms with Gasteiger partial charge >= 0.3 is 12.1 Å². The van der Waals surface area contributed by atoms with Crippen LogP contribution in [0, 0.1) is 5.92 Å². The molecule has 0 bridgehead atoms. The Morgan fingerprint density at radius 3 is 1.73 bits per heavy atom. The molecule has 1 amide bonds. The lowest BCUT2D eigenvalue weighted by atomic mass is 10.0. The van der Waals surface area contributed by atoms with Crippen LogP contribution in [0.2, 0.25) is 0 Å². The van der Waals surface area contributed by atoms with Gasteiger partial charge in [0.1, 0.15) is 6.04 Å². The first-order chi connectivity index (χ1) is 16.1. The van der Waals surface area contributed by atoms with Gasteiger partial charge in [-0.1, -0.05) is 117 Å². The summed E-state index contributed by atoms with van der Waals surface area (Å²) in [6.45, 7) is 7.70. The van der Waals surface area contributed by atoms with Crippen molar-refractivity contribution >= 4 is 12.1 Å². The lowest BCUT2D eigenvalue weighted by Gasteiger charge is -2.23. The molecule has 1 aliphatic heterocycles. The highest BCUT2D eigenvalue weighted by Crippen LogP contribution is 2.20. The number of hydrogen-bond acceptors (Lipinski definition) is 4. The normalized spacial score (nSPS) is 15.9. The molecule has 0 radical (unpaired) electrons. The lowest BCUT2D eigenvalue weighted by Crippen LogP contribution is -2.42. The minimum absolute atomic E-state index is 0.269. The van der Waals surface area contributed by atoms with Crippen molar-refractivity contribution in [3.63, 3.8) is 0 Å². The first-order valence-corrected chi connectivity index (χ1v) is 14.2. The molecule has 1 atom stereocenters.